The molecular weight excluding hydrogens is 268 g/mol. The Morgan fingerprint density at radius 1 is 1.21 bits per heavy atom. The third kappa shape index (κ3) is 6.73. The van der Waals surface area contributed by atoms with Crippen LogP contribution in [0.25, 0.3) is 0 Å². The van der Waals surface area contributed by atoms with Gasteiger partial charge >= 0.3 is 0 Å². The Balaban J connectivity index is 2.23. The Hall–Kier alpha value is -0.880. The van der Waals surface area contributed by atoms with E-state index >= 15 is 0 Å². The maximum absolute atomic E-state index is 6.01. The van der Waals surface area contributed by atoms with E-state index in [0.717, 1.165) is 12.1 Å². The zero-order chi connectivity index (χ0) is 13.9. The van der Waals surface area contributed by atoms with Gasteiger partial charge in [-0.15, -0.1) is 0 Å². The van der Waals surface area contributed by atoms with Gasteiger partial charge in [0, 0.05) is 32.9 Å². The summed E-state index contributed by atoms with van der Waals surface area (Å²) in [6.07, 6.45) is 0.891. The summed E-state index contributed by atoms with van der Waals surface area (Å²) in [6, 6.07) is 3.54. The van der Waals surface area contributed by atoms with E-state index < -0.39 is 0 Å². The van der Waals surface area contributed by atoms with Gasteiger partial charge in [-0.25, -0.2) is 4.98 Å². The molecule has 6 heteroatoms. The summed E-state index contributed by atoms with van der Waals surface area (Å²) < 4.78 is 15.8. The van der Waals surface area contributed by atoms with Gasteiger partial charge < -0.3 is 19.5 Å². The van der Waals surface area contributed by atoms with Crippen LogP contribution in [0.5, 0.6) is 5.88 Å². The number of methoxy groups -OCH3 is 1. The van der Waals surface area contributed by atoms with Crippen LogP contribution >= 0.6 is 11.6 Å². The van der Waals surface area contributed by atoms with Gasteiger partial charge in [-0.2, -0.15) is 0 Å². The molecule has 108 valence electrons. The highest BCUT2D eigenvalue weighted by Gasteiger charge is 2.03. The topological polar surface area (TPSA) is 52.6 Å². The SMILES string of the molecule is CNCc1nc(OCCOCCCOC)ccc1Cl. The van der Waals surface area contributed by atoms with Gasteiger partial charge in [-0.05, 0) is 19.5 Å². The maximum atomic E-state index is 6.01. The molecule has 0 aliphatic heterocycles. The molecule has 19 heavy (non-hydrogen) atoms. The van der Waals surface area contributed by atoms with Crippen molar-refractivity contribution < 1.29 is 14.2 Å². The fraction of sp³-hybridized carbons (Fsp3) is 0.615. The Morgan fingerprint density at radius 3 is 2.79 bits per heavy atom. The van der Waals surface area contributed by atoms with E-state index in [2.05, 4.69) is 10.3 Å². The van der Waals surface area contributed by atoms with E-state index in [0.29, 0.717) is 43.9 Å². The summed E-state index contributed by atoms with van der Waals surface area (Å²) in [5, 5.41) is 3.65. The summed E-state index contributed by atoms with van der Waals surface area (Å²) in [5.41, 5.74) is 0.780. The average Bonchev–Trinajstić information content (AvgIpc) is 2.41. The van der Waals surface area contributed by atoms with Crippen LogP contribution in [0.1, 0.15) is 12.1 Å². The number of nitrogens with zero attached hydrogens (tertiary/aromatic N) is 1. The molecule has 1 rings (SSSR count). The molecule has 0 saturated heterocycles. The van der Waals surface area contributed by atoms with Crippen LogP contribution in [0.4, 0.5) is 0 Å². The van der Waals surface area contributed by atoms with Gasteiger partial charge in [-0.1, -0.05) is 11.6 Å². The Kier molecular flexibility index (Phi) is 8.49. The molecule has 0 radical (unpaired) electrons. The van der Waals surface area contributed by atoms with E-state index in [9.17, 15) is 0 Å². The molecule has 0 fully saturated rings. The van der Waals surface area contributed by atoms with Crippen molar-refractivity contribution in [1.29, 1.82) is 0 Å². The first-order valence-corrected chi connectivity index (χ1v) is 6.65. The Morgan fingerprint density at radius 2 is 2.05 bits per heavy atom. The molecule has 1 aromatic heterocycles. The predicted molar refractivity (Wildman–Crippen MR) is 74.8 cm³/mol. The van der Waals surface area contributed by atoms with Crippen LogP contribution in [0.15, 0.2) is 12.1 Å². The van der Waals surface area contributed by atoms with Crippen molar-refractivity contribution in [2.24, 2.45) is 0 Å². The van der Waals surface area contributed by atoms with Gasteiger partial charge in [-0.3, -0.25) is 0 Å². The molecule has 0 saturated carbocycles. The maximum Gasteiger partial charge on any atom is 0.213 e. The van der Waals surface area contributed by atoms with Crippen molar-refractivity contribution >= 4 is 11.6 Å². The molecule has 0 bridgehead atoms. The van der Waals surface area contributed by atoms with Crippen molar-refractivity contribution in [3.8, 4) is 5.88 Å². The summed E-state index contributed by atoms with van der Waals surface area (Å²) >= 11 is 6.01. The molecule has 0 amide bonds. The molecule has 1 heterocycles. The number of nitrogens with one attached hydrogen (secondary N) is 1. The normalized spacial score (nSPS) is 10.7. The Labute approximate surface area is 119 Å². The second-order valence-corrected chi connectivity index (χ2v) is 4.32. The van der Waals surface area contributed by atoms with Crippen LogP contribution < -0.4 is 10.1 Å². The van der Waals surface area contributed by atoms with E-state index in [1.165, 1.54) is 0 Å². The number of halogens is 1. The largest absolute Gasteiger partial charge is 0.475 e. The first kappa shape index (κ1) is 16.2. The number of pyridine rings is 1. The second kappa shape index (κ2) is 9.97. The highest BCUT2D eigenvalue weighted by atomic mass is 35.5. The highest BCUT2D eigenvalue weighted by molar-refractivity contribution is 6.31. The first-order valence-electron chi connectivity index (χ1n) is 6.27. The minimum Gasteiger partial charge on any atom is -0.475 e. The second-order valence-electron chi connectivity index (χ2n) is 3.92. The number of ether oxygens (including phenoxy) is 3. The minimum atomic E-state index is 0.473. The molecule has 0 aromatic carbocycles. The molecule has 0 unspecified atom stereocenters. The lowest BCUT2D eigenvalue weighted by molar-refractivity contribution is 0.0795. The number of aromatic nitrogens is 1. The summed E-state index contributed by atoms with van der Waals surface area (Å²) in [7, 11) is 3.53. The van der Waals surface area contributed by atoms with Crippen LogP contribution in [-0.2, 0) is 16.0 Å². The van der Waals surface area contributed by atoms with Crippen molar-refractivity contribution in [1.82, 2.24) is 10.3 Å². The zero-order valence-corrected chi connectivity index (χ0v) is 12.2. The summed E-state index contributed by atoms with van der Waals surface area (Å²) in [6.45, 7) is 3.02. The summed E-state index contributed by atoms with van der Waals surface area (Å²) in [4.78, 5) is 4.32. The van der Waals surface area contributed by atoms with Gasteiger partial charge in [0.2, 0.25) is 5.88 Å². The van der Waals surface area contributed by atoms with Crippen molar-refractivity contribution in [3.05, 3.63) is 22.8 Å². The lowest BCUT2D eigenvalue weighted by Gasteiger charge is -2.08. The highest BCUT2D eigenvalue weighted by Crippen LogP contribution is 2.17. The third-order valence-corrected chi connectivity index (χ3v) is 2.70. The van der Waals surface area contributed by atoms with Gasteiger partial charge in [0.05, 0.1) is 17.3 Å². The number of rotatable bonds is 10. The fourth-order valence-corrected chi connectivity index (χ4v) is 1.62. The molecule has 0 aliphatic rings. The molecular formula is C13H21ClN2O3. The predicted octanol–water partition coefficient (Wildman–Crippen LogP) is 1.89. The lowest BCUT2D eigenvalue weighted by Crippen LogP contribution is -2.11. The molecule has 0 atom stereocenters. The molecule has 5 nitrogen and oxygen atoms in total. The molecule has 0 aliphatic carbocycles. The van der Waals surface area contributed by atoms with Crippen molar-refractivity contribution in [2.45, 2.75) is 13.0 Å². The van der Waals surface area contributed by atoms with Gasteiger partial charge in [0.15, 0.2) is 0 Å². The lowest BCUT2D eigenvalue weighted by atomic mass is 10.3. The van der Waals surface area contributed by atoms with Crippen LogP contribution in [-0.4, -0.2) is 45.6 Å². The van der Waals surface area contributed by atoms with Gasteiger partial charge in [0.25, 0.3) is 0 Å². The first-order chi connectivity index (χ1) is 9.27. The summed E-state index contributed by atoms with van der Waals surface area (Å²) in [5.74, 6) is 0.565. The van der Waals surface area contributed by atoms with E-state index in [1.54, 1.807) is 19.2 Å². The van der Waals surface area contributed by atoms with E-state index in [4.69, 9.17) is 25.8 Å². The average molecular weight is 289 g/mol. The minimum absolute atomic E-state index is 0.473. The quantitative estimate of drug-likeness (QED) is 0.666. The van der Waals surface area contributed by atoms with Crippen LogP contribution in [0, 0.1) is 0 Å². The zero-order valence-electron chi connectivity index (χ0n) is 11.4. The Bertz CT molecular complexity index is 364. The van der Waals surface area contributed by atoms with E-state index in [-0.39, 0.29) is 0 Å². The molecule has 0 spiro atoms. The van der Waals surface area contributed by atoms with Crippen LogP contribution in [0.3, 0.4) is 0 Å². The smallest absolute Gasteiger partial charge is 0.213 e. The van der Waals surface area contributed by atoms with Gasteiger partial charge in [0.1, 0.15) is 6.61 Å². The standard InChI is InChI=1S/C13H21ClN2O3/c1-15-10-12-11(14)4-5-13(16-12)19-9-8-18-7-3-6-17-2/h4-5,15H,3,6-10H2,1-2H3. The van der Waals surface area contributed by atoms with Crippen molar-refractivity contribution in [2.75, 3.05) is 40.6 Å². The molecule has 1 N–H and O–H groups in total. The molecule has 1 aromatic rings. The number of hydrogen-bond acceptors (Lipinski definition) is 5. The number of hydrogen-bond donors (Lipinski definition) is 1. The van der Waals surface area contributed by atoms with Crippen molar-refractivity contribution in [3.63, 3.8) is 0 Å². The third-order valence-electron chi connectivity index (χ3n) is 2.35. The fourth-order valence-electron chi connectivity index (χ4n) is 1.45. The van der Waals surface area contributed by atoms with E-state index in [1.807, 2.05) is 7.05 Å². The monoisotopic (exact) mass is 288 g/mol. The van der Waals surface area contributed by atoms with Crippen LogP contribution in [0.2, 0.25) is 5.02 Å².